The van der Waals surface area contributed by atoms with Crippen LogP contribution in [0, 0.1) is 5.41 Å². The minimum Gasteiger partial charge on any atom is -0.341 e. The molecule has 5 nitrogen and oxygen atoms in total. The third-order valence-corrected chi connectivity index (χ3v) is 4.94. The quantitative estimate of drug-likeness (QED) is 0.804. The Morgan fingerprint density at radius 1 is 1.15 bits per heavy atom. The summed E-state index contributed by atoms with van der Waals surface area (Å²) in [5.74, 6) is 0.273. The van der Waals surface area contributed by atoms with Crippen LogP contribution in [0.2, 0.25) is 0 Å². The normalized spacial score (nSPS) is 28.6. The number of nitrogens with two attached hydrogens (primary N) is 1. The van der Waals surface area contributed by atoms with E-state index in [2.05, 4.69) is 30.6 Å². The van der Waals surface area contributed by atoms with Crippen molar-refractivity contribution in [3.63, 3.8) is 0 Å². The molecule has 2 heterocycles. The van der Waals surface area contributed by atoms with E-state index in [-0.39, 0.29) is 17.4 Å². The van der Waals surface area contributed by atoms with E-state index in [1.54, 1.807) is 0 Å². The molecule has 5 heteroatoms. The van der Waals surface area contributed by atoms with Gasteiger partial charge in [0.2, 0.25) is 5.91 Å². The highest BCUT2D eigenvalue weighted by Crippen LogP contribution is 2.27. The Morgan fingerprint density at radius 2 is 1.75 bits per heavy atom. The van der Waals surface area contributed by atoms with Gasteiger partial charge in [0.15, 0.2) is 0 Å². The van der Waals surface area contributed by atoms with Gasteiger partial charge in [0.25, 0.3) is 0 Å². The molecule has 0 spiro atoms. The molecule has 1 atom stereocenters. The molecule has 2 aliphatic rings. The number of likely N-dealkylation sites (N-methyl/N-ethyl adjacent to an activating group) is 1. The molecule has 2 saturated heterocycles. The Kier molecular flexibility index (Phi) is 5.04. The van der Waals surface area contributed by atoms with Gasteiger partial charge in [0.05, 0.1) is 6.54 Å². The summed E-state index contributed by atoms with van der Waals surface area (Å²) in [6.07, 6.45) is 0.919. The smallest absolute Gasteiger partial charge is 0.236 e. The highest BCUT2D eigenvalue weighted by atomic mass is 16.2. The second kappa shape index (κ2) is 6.41. The summed E-state index contributed by atoms with van der Waals surface area (Å²) in [5, 5.41) is 0. The summed E-state index contributed by atoms with van der Waals surface area (Å²) < 4.78 is 0. The number of nitrogens with zero attached hydrogens (tertiary/aromatic N) is 3. The van der Waals surface area contributed by atoms with E-state index < -0.39 is 0 Å². The van der Waals surface area contributed by atoms with Crippen LogP contribution in [0.5, 0.6) is 0 Å². The first kappa shape index (κ1) is 15.7. The molecule has 116 valence electrons. The van der Waals surface area contributed by atoms with Gasteiger partial charge in [-0.3, -0.25) is 9.69 Å². The van der Waals surface area contributed by atoms with Gasteiger partial charge >= 0.3 is 0 Å². The molecule has 2 N–H and O–H groups in total. The molecule has 0 aliphatic carbocycles. The number of amides is 1. The molecule has 0 aromatic carbocycles. The zero-order chi connectivity index (χ0) is 14.8. The van der Waals surface area contributed by atoms with Gasteiger partial charge in [-0.25, -0.2) is 0 Å². The van der Waals surface area contributed by atoms with Gasteiger partial charge in [-0.2, -0.15) is 0 Å². The predicted octanol–water partition coefficient (Wildman–Crippen LogP) is 0.210. The zero-order valence-corrected chi connectivity index (χ0v) is 13.3. The highest BCUT2D eigenvalue weighted by Gasteiger charge is 2.35. The summed E-state index contributed by atoms with van der Waals surface area (Å²) >= 11 is 0. The molecule has 2 aliphatic heterocycles. The Balaban J connectivity index is 1.81. The van der Waals surface area contributed by atoms with Crippen molar-refractivity contribution in [2.45, 2.75) is 33.2 Å². The fraction of sp³-hybridized carbons (Fsp3) is 0.933. The van der Waals surface area contributed by atoms with Crippen molar-refractivity contribution in [2.24, 2.45) is 11.1 Å². The van der Waals surface area contributed by atoms with Gasteiger partial charge in [-0.15, -0.1) is 0 Å². The Labute approximate surface area is 123 Å². The number of hydrogen-bond acceptors (Lipinski definition) is 4. The molecule has 0 saturated carbocycles. The van der Waals surface area contributed by atoms with Crippen molar-refractivity contribution in [2.75, 3.05) is 52.4 Å². The van der Waals surface area contributed by atoms with Gasteiger partial charge in [0, 0.05) is 45.3 Å². The maximum atomic E-state index is 12.4. The van der Waals surface area contributed by atoms with E-state index in [1.807, 2.05) is 4.90 Å². The average molecular weight is 282 g/mol. The van der Waals surface area contributed by atoms with Crippen molar-refractivity contribution < 1.29 is 4.79 Å². The van der Waals surface area contributed by atoms with Crippen LogP contribution in [0.15, 0.2) is 0 Å². The number of piperazine rings is 1. The van der Waals surface area contributed by atoms with Crippen molar-refractivity contribution >= 4 is 5.91 Å². The summed E-state index contributed by atoms with van der Waals surface area (Å²) in [4.78, 5) is 19.2. The molecule has 0 bridgehead atoms. The maximum Gasteiger partial charge on any atom is 0.236 e. The Morgan fingerprint density at radius 3 is 2.30 bits per heavy atom. The van der Waals surface area contributed by atoms with Crippen LogP contribution < -0.4 is 5.73 Å². The number of hydrogen-bond donors (Lipinski definition) is 1. The predicted molar refractivity (Wildman–Crippen MR) is 81.5 cm³/mol. The van der Waals surface area contributed by atoms with E-state index in [0.29, 0.717) is 6.54 Å². The van der Waals surface area contributed by atoms with Crippen LogP contribution in [-0.2, 0) is 4.79 Å². The topological polar surface area (TPSA) is 52.8 Å². The number of piperidine rings is 1. The lowest BCUT2D eigenvalue weighted by molar-refractivity contribution is -0.136. The minimum absolute atomic E-state index is 0.0365. The van der Waals surface area contributed by atoms with Crippen LogP contribution >= 0.6 is 0 Å². The van der Waals surface area contributed by atoms with Crippen molar-refractivity contribution in [1.29, 1.82) is 0 Å². The fourth-order valence-electron chi connectivity index (χ4n) is 3.14. The van der Waals surface area contributed by atoms with Crippen molar-refractivity contribution in [1.82, 2.24) is 14.7 Å². The molecule has 1 unspecified atom stereocenters. The Bertz CT molecular complexity index is 337. The van der Waals surface area contributed by atoms with Crippen LogP contribution in [0.1, 0.15) is 27.2 Å². The molecule has 0 radical (unpaired) electrons. The Hall–Kier alpha value is -0.650. The molecule has 2 fully saturated rings. The van der Waals surface area contributed by atoms with E-state index in [9.17, 15) is 4.79 Å². The molecule has 1 amide bonds. The second-order valence-corrected chi connectivity index (χ2v) is 6.91. The van der Waals surface area contributed by atoms with Crippen molar-refractivity contribution in [3.8, 4) is 0 Å². The number of carbonyl (C=O) groups is 1. The number of carbonyl (C=O) groups excluding carboxylic acids is 1. The van der Waals surface area contributed by atoms with Crippen LogP contribution in [0.25, 0.3) is 0 Å². The van der Waals surface area contributed by atoms with E-state index in [0.717, 1.165) is 52.2 Å². The number of likely N-dealkylation sites (tertiary alicyclic amines) is 1. The van der Waals surface area contributed by atoms with Gasteiger partial charge in [-0.1, -0.05) is 20.8 Å². The summed E-state index contributed by atoms with van der Waals surface area (Å²) in [6, 6.07) is 0.208. The average Bonchev–Trinajstić information content (AvgIpc) is 2.42. The van der Waals surface area contributed by atoms with Gasteiger partial charge in [0.1, 0.15) is 0 Å². The SMILES string of the molecule is CCN1CCN(CC(=O)N2CCC(N)C(C)(C)C2)CC1. The standard InChI is InChI=1S/C15H30N4O/c1-4-17-7-9-18(10-8-17)11-14(20)19-6-5-13(16)15(2,3)12-19/h13H,4-12,16H2,1-3H3. The molecular weight excluding hydrogens is 252 g/mol. The van der Waals surface area contributed by atoms with Crippen LogP contribution in [0.4, 0.5) is 0 Å². The molecule has 20 heavy (non-hydrogen) atoms. The zero-order valence-electron chi connectivity index (χ0n) is 13.3. The lowest BCUT2D eigenvalue weighted by Gasteiger charge is -2.43. The first-order chi connectivity index (χ1) is 9.42. The monoisotopic (exact) mass is 282 g/mol. The van der Waals surface area contributed by atoms with Crippen LogP contribution in [0.3, 0.4) is 0 Å². The molecule has 0 aromatic rings. The van der Waals surface area contributed by atoms with Crippen molar-refractivity contribution in [3.05, 3.63) is 0 Å². The van der Waals surface area contributed by atoms with E-state index in [1.165, 1.54) is 0 Å². The second-order valence-electron chi connectivity index (χ2n) is 6.91. The lowest BCUT2D eigenvalue weighted by atomic mass is 9.79. The lowest BCUT2D eigenvalue weighted by Crippen LogP contribution is -2.56. The van der Waals surface area contributed by atoms with Gasteiger partial charge < -0.3 is 15.5 Å². The molecule has 0 aromatic heterocycles. The first-order valence-electron chi connectivity index (χ1n) is 7.90. The minimum atomic E-state index is 0.0365. The van der Waals surface area contributed by atoms with Crippen LogP contribution in [-0.4, -0.2) is 79.0 Å². The molecule has 2 rings (SSSR count). The summed E-state index contributed by atoms with van der Waals surface area (Å²) in [6.45, 7) is 14.0. The van der Waals surface area contributed by atoms with E-state index >= 15 is 0 Å². The van der Waals surface area contributed by atoms with Gasteiger partial charge in [-0.05, 0) is 18.4 Å². The third kappa shape index (κ3) is 3.71. The highest BCUT2D eigenvalue weighted by molar-refractivity contribution is 5.78. The van der Waals surface area contributed by atoms with E-state index in [4.69, 9.17) is 5.73 Å². The first-order valence-corrected chi connectivity index (χ1v) is 7.90. The summed E-state index contributed by atoms with van der Waals surface area (Å²) in [7, 11) is 0. The maximum absolute atomic E-state index is 12.4. The molecular formula is C15H30N4O. The number of rotatable bonds is 3. The fourth-order valence-corrected chi connectivity index (χ4v) is 3.14. The summed E-state index contributed by atoms with van der Waals surface area (Å²) in [5.41, 5.74) is 6.17. The largest absolute Gasteiger partial charge is 0.341 e. The third-order valence-electron chi connectivity index (χ3n) is 4.94.